The average molecular weight is 237 g/mol. The summed E-state index contributed by atoms with van der Waals surface area (Å²) in [5, 5.41) is 0. The Hall–Kier alpha value is -1.46. The summed E-state index contributed by atoms with van der Waals surface area (Å²) in [6.45, 7) is -1.01. The monoisotopic (exact) mass is 237 g/mol. The molecule has 0 aliphatic heterocycles. The van der Waals surface area contributed by atoms with Gasteiger partial charge >= 0.3 is 6.36 Å². The van der Waals surface area contributed by atoms with E-state index in [1.807, 2.05) is 0 Å². The molecule has 0 fully saturated rings. The van der Waals surface area contributed by atoms with Gasteiger partial charge in [0.15, 0.2) is 0 Å². The predicted molar refractivity (Wildman–Crippen MR) is 52.3 cm³/mol. The average Bonchev–Trinajstić information content (AvgIpc) is 2.15. The van der Waals surface area contributed by atoms with Crippen LogP contribution < -0.4 is 9.64 Å². The third kappa shape index (κ3) is 3.29. The highest BCUT2D eigenvalue weighted by molar-refractivity contribution is 5.52. The van der Waals surface area contributed by atoms with Gasteiger partial charge in [-0.2, -0.15) is 0 Å². The number of rotatable bonds is 3. The Kier molecular flexibility index (Phi) is 3.62. The molecular formula is C10H11F4NO. The van der Waals surface area contributed by atoms with E-state index in [0.29, 0.717) is 5.69 Å². The van der Waals surface area contributed by atoms with Crippen LogP contribution in [0, 0.1) is 0 Å². The van der Waals surface area contributed by atoms with Gasteiger partial charge in [0.2, 0.25) is 0 Å². The molecule has 0 saturated heterocycles. The Morgan fingerprint density at radius 3 is 2.31 bits per heavy atom. The summed E-state index contributed by atoms with van der Waals surface area (Å²) < 4.78 is 52.1. The Balaban J connectivity index is 3.02. The summed E-state index contributed by atoms with van der Waals surface area (Å²) >= 11 is 0. The molecule has 1 aromatic rings. The van der Waals surface area contributed by atoms with Gasteiger partial charge in [-0.05, 0) is 18.2 Å². The number of ether oxygens (including phenoxy) is 1. The molecule has 0 unspecified atom stereocenters. The zero-order chi connectivity index (χ0) is 12.3. The van der Waals surface area contributed by atoms with E-state index >= 15 is 0 Å². The largest absolute Gasteiger partial charge is 0.573 e. The predicted octanol–water partition coefficient (Wildman–Crippen LogP) is 3.12. The van der Waals surface area contributed by atoms with E-state index in [2.05, 4.69) is 4.74 Å². The fourth-order valence-electron chi connectivity index (χ4n) is 1.17. The van der Waals surface area contributed by atoms with E-state index in [4.69, 9.17) is 0 Å². The number of alkyl halides is 4. The maximum Gasteiger partial charge on any atom is 0.573 e. The van der Waals surface area contributed by atoms with Crippen molar-refractivity contribution < 1.29 is 22.3 Å². The molecule has 0 N–H and O–H groups in total. The van der Waals surface area contributed by atoms with Crippen LogP contribution >= 0.6 is 0 Å². The molecule has 16 heavy (non-hydrogen) atoms. The lowest BCUT2D eigenvalue weighted by atomic mass is 10.2. The summed E-state index contributed by atoms with van der Waals surface area (Å²) in [7, 11) is 3.42. The second-order valence-corrected chi connectivity index (χ2v) is 3.37. The molecule has 0 aliphatic carbocycles. The Labute approximate surface area is 90.4 Å². The molecule has 1 aromatic carbocycles. The maximum atomic E-state index is 12.5. The molecule has 0 aliphatic rings. The minimum Gasteiger partial charge on any atom is -0.405 e. The molecule has 2 nitrogen and oxygen atoms in total. The van der Waals surface area contributed by atoms with Crippen LogP contribution in [0.15, 0.2) is 18.2 Å². The molecular weight excluding hydrogens is 226 g/mol. The number of hydrogen-bond acceptors (Lipinski definition) is 2. The van der Waals surface area contributed by atoms with Crippen molar-refractivity contribution in [2.24, 2.45) is 0 Å². The normalized spacial score (nSPS) is 11.4. The lowest BCUT2D eigenvalue weighted by molar-refractivity contribution is -0.275. The molecule has 0 atom stereocenters. The lowest BCUT2D eigenvalue weighted by Gasteiger charge is -2.16. The minimum atomic E-state index is -4.80. The zero-order valence-corrected chi connectivity index (χ0v) is 8.81. The molecule has 1 rings (SSSR count). The third-order valence-electron chi connectivity index (χ3n) is 1.93. The van der Waals surface area contributed by atoms with Crippen molar-refractivity contribution in [3.63, 3.8) is 0 Å². The van der Waals surface area contributed by atoms with Crippen molar-refractivity contribution in [2.45, 2.75) is 13.0 Å². The van der Waals surface area contributed by atoms with Crippen LogP contribution in [0.3, 0.4) is 0 Å². The molecule has 0 amide bonds. The second-order valence-electron chi connectivity index (χ2n) is 3.37. The third-order valence-corrected chi connectivity index (χ3v) is 1.93. The van der Waals surface area contributed by atoms with Gasteiger partial charge in [-0.3, -0.25) is 0 Å². The van der Waals surface area contributed by atoms with Crippen molar-refractivity contribution in [1.82, 2.24) is 0 Å². The fraction of sp³-hybridized carbons (Fsp3) is 0.400. The first-order chi connectivity index (χ1) is 7.33. The smallest absolute Gasteiger partial charge is 0.405 e. The van der Waals surface area contributed by atoms with E-state index < -0.39 is 18.8 Å². The highest BCUT2D eigenvalue weighted by Gasteiger charge is 2.32. The number of benzene rings is 1. The summed E-state index contributed by atoms with van der Waals surface area (Å²) in [5.41, 5.74) is 0.491. The second kappa shape index (κ2) is 4.59. The quantitative estimate of drug-likeness (QED) is 0.749. The van der Waals surface area contributed by atoms with Gasteiger partial charge < -0.3 is 9.64 Å². The molecule has 0 spiro atoms. The van der Waals surface area contributed by atoms with Gasteiger partial charge in [0.1, 0.15) is 12.4 Å². The summed E-state index contributed by atoms with van der Waals surface area (Å²) in [6, 6.07) is 3.86. The van der Waals surface area contributed by atoms with Crippen molar-refractivity contribution in [3.8, 4) is 5.75 Å². The van der Waals surface area contributed by atoms with Crippen LogP contribution in [0.2, 0.25) is 0 Å². The standard InChI is InChI=1S/C10H11F4NO/c1-15(2)8-3-4-9(7(5-8)6-11)16-10(12,13)14/h3-5H,6H2,1-2H3. The first-order valence-electron chi connectivity index (χ1n) is 4.45. The Morgan fingerprint density at radius 1 is 1.25 bits per heavy atom. The number of hydrogen-bond donors (Lipinski definition) is 0. The van der Waals surface area contributed by atoms with Gasteiger partial charge in [-0.25, -0.2) is 4.39 Å². The number of halogens is 4. The van der Waals surface area contributed by atoms with Crippen LogP contribution in [-0.4, -0.2) is 20.5 Å². The van der Waals surface area contributed by atoms with E-state index in [-0.39, 0.29) is 5.56 Å². The summed E-state index contributed by atoms with van der Waals surface area (Å²) in [4.78, 5) is 1.66. The lowest BCUT2D eigenvalue weighted by Crippen LogP contribution is -2.18. The fourth-order valence-corrected chi connectivity index (χ4v) is 1.17. The van der Waals surface area contributed by atoms with Crippen molar-refractivity contribution >= 4 is 5.69 Å². The molecule has 90 valence electrons. The van der Waals surface area contributed by atoms with E-state index in [1.54, 1.807) is 19.0 Å². The van der Waals surface area contributed by atoms with Crippen molar-refractivity contribution in [1.29, 1.82) is 0 Å². The Morgan fingerprint density at radius 2 is 1.88 bits per heavy atom. The minimum absolute atomic E-state index is 0.122. The van der Waals surface area contributed by atoms with Gasteiger partial charge in [0.25, 0.3) is 0 Å². The molecule has 0 aromatic heterocycles. The highest BCUT2D eigenvalue weighted by atomic mass is 19.4. The molecule has 0 radical (unpaired) electrons. The zero-order valence-electron chi connectivity index (χ0n) is 8.81. The Bertz CT molecular complexity index is 362. The summed E-state index contributed by atoms with van der Waals surface area (Å²) in [5.74, 6) is -0.499. The van der Waals surface area contributed by atoms with E-state index in [9.17, 15) is 17.6 Å². The van der Waals surface area contributed by atoms with Crippen molar-refractivity contribution in [3.05, 3.63) is 23.8 Å². The molecule has 6 heteroatoms. The van der Waals surface area contributed by atoms with E-state index in [0.717, 1.165) is 6.07 Å². The first-order valence-corrected chi connectivity index (χ1v) is 4.45. The SMILES string of the molecule is CN(C)c1ccc(OC(F)(F)F)c(CF)c1. The van der Waals surface area contributed by atoms with Crippen LogP contribution in [-0.2, 0) is 6.67 Å². The van der Waals surface area contributed by atoms with Gasteiger partial charge in [0, 0.05) is 25.3 Å². The van der Waals surface area contributed by atoms with Crippen LogP contribution in [0.5, 0.6) is 5.75 Å². The molecule has 0 heterocycles. The van der Waals surface area contributed by atoms with Crippen LogP contribution in [0.4, 0.5) is 23.2 Å². The summed E-state index contributed by atoms with van der Waals surface area (Å²) in [6.07, 6.45) is -4.80. The number of nitrogens with zero attached hydrogens (tertiary/aromatic N) is 1. The van der Waals surface area contributed by atoms with Gasteiger partial charge in [-0.15, -0.1) is 13.2 Å². The topological polar surface area (TPSA) is 12.5 Å². The maximum absolute atomic E-state index is 12.5. The number of anilines is 1. The molecule has 0 saturated carbocycles. The molecule has 0 bridgehead atoms. The first kappa shape index (κ1) is 12.6. The van der Waals surface area contributed by atoms with E-state index in [1.165, 1.54) is 12.1 Å². The van der Waals surface area contributed by atoms with Crippen molar-refractivity contribution in [2.75, 3.05) is 19.0 Å². The van der Waals surface area contributed by atoms with Crippen LogP contribution in [0.25, 0.3) is 0 Å². The van der Waals surface area contributed by atoms with Gasteiger partial charge in [0.05, 0.1) is 0 Å². The van der Waals surface area contributed by atoms with Crippen LogP contribution in [0.1, 0.15) is 5.56 Å². The van der Waals surface area contributed by atoms with Gasteiger partial charge in [-0.1, -0.05) is 0 Å². The highest BCUT2D eigenvalue weighted by Crippen LogP contribution is 2.29.